The van der Waals surface area contributed by atoms with E-state index in [-0.39, 0.29) is 23.8 Å². The van der Waals surface area contributed by atoms with Crippen molar-refractivity contribution in [2.24, 2.45) is 11.8 Å². The third kappa shape index (κ3) is 4.70. The lowest BCUT2D eigenvalue weighted by molar-refractivity contribution is -0.128. The Morgan fingerprint density at radius 3 is 2.32 bits per heavy atom. The number of carbonyl (C=O) groups excluding carboxylic acids is 2. The highest BCUT2D eigenvalue weighted by atomic mass is 16.2. The third-order valence-corrected chi connectivity index (χ3v) is 5.36. The van der Waals surface area contributed by atoms with Gasteiger partial charge in [-0.3, -0.25) is 14.5 Å². The minimum absolute atomic E-state index is 0.0887. The van der Waals surface area contributed by atoms with Gasteiger partial charge in [0, 0.05) is 19.5 Å². The van der Waals surface area contributed by atoms with E-state index in [4.69, 9.17) is 0 Å². The van der Waals surface area contributed by atoms with E-state index in [1.165, 1.54) is 32.1 Å². The molecule has 0 aromatic carbocycles. The second-order valence-corrected chi connectivity index (χ2v) is 6.85. The van der Waals surface area contributed by atoms with Crippen LogP contribution in [-0.2, 0) is 9.59 Å². The van der Waals surface area contributed by atoms with Crippen molar-refractivity contribution in [3.05, 3.63) is 0 Å². The van der Waals surface area contributed by atoms with Crippen molar-refractivity contribution < 1.29 is 9.59 Å². The first-order valence-corrected chi connectivity index (χ1v) is 8.85. The molecular formula is C17H31N3O2. The summed E-state index contributed by atoms with van der Waals surface area (Å²) in [5.74, 6) is 1.06. The minimum atomic E-state index is -0.0887. The van der Waals surface area contributed by atoms with Gasteiger partial charge in [-0.25, -0.2) is 0 Å². The molecule has 1 aliphatic carbocycles. The smallest absolute Gasteiger partial charge is 0.237 e. The highest BCUT2D eigenvalue weighted by molar-refractivity contribution is 5.81. The van der Waals surface area contributed by atoms with E-state index in [0.29, 0.717) is 5.92 Å². The molecule has 0 aromatic rings. The molecular weight excluding hydrogens is 278 g/mol. The number of carbonyl (C=O) groups is 2. The first kappa shape index (κ1) is 17.3. The second kappa shape index (κ2) is 8.51. The van der Waals surface area contributed by atoms with Gasteiger partial charge in [-0.2, -0.15) is 0 Å². The molecule has 0 bridgehead atoms. The zero-order valence-corrected chi connectivity index (χ0v) is 14.1. The molecule has 2 fully saturated rings. The molecule has 2 rings (SSSR count). The number of amides is 2. The van der Waals surface area contributed by atoms with Crippen molar-refractivity contribution in [2.45, 2.75) is 57.9 Å². The molecule has 5 heteroatoms. The fourth-order valence-electron chi connectivity index (χ4n) is 3.70. The molecule has 0 spiro atoms. The van der Waals surface area contributed by atoms with Gasteiger partial charge in [0.25, 0.3) is 0 Å². The molecule has 2 N–H and O–H groups in total. The van der Waals surface area contributed by atoms with E-state index in [9.17, 15) is 9.59 Å². The molecule has 2 aliphatic rings. The number of nitrogens with zero attached hydrogens (tertiary/aromatic N) is 1. The predicted molar refractivity (Wildman–Crippen MR) is 87.4 cm³/mol. The Morgan fingerprint density at radius 1 is 1.09 bits per heavy atom. The average molecular weight is 309 g/mol. The summed E-state index contributed by atoms with van der Waals surface area (Å²) in [6.45, 7) is 4.47. The molecule has 1 saturated heterocycles. The molecule has 22 heavy (non-hydrogen) atoms. The Bertz CT molecular complexity index is 372. The maximum absolute atomic E-state index is 12.3. The standard InChI is InChI=1S/C17H31N3O2/c1-13(16(21)19-12-14-6-4-3-5-7-14)20-10-8-15(9-11-20)17(22)18-2/h13-15H,3-12H2,1-2H3,(H,18,22)(H,19,21). The molecule has 1 heterocycles. The van der Waals surface area contributed by atoms with Crippen molar-refractivity contribution in [1.82, 2.24) is 15.5 Å². The number of piperidine rings is 1. The zero-order chi connectivity index (χ0) is 15.9. The molecule has 0 radical (unpaired) electrons. The van der Waals surface area contributed by atoms with E-state index < -0.39 is 0 Å². The molecule has 5 nitrogen and oxygen atoms in total. The van der Waals surface area contributed by atoms with Crippen molar-refractivity contribution in [2.75, 3.05) is 26.7 Å². The summed E-state index contributed by atoms with van der Waals surface area (Å²) < 4.78 is 0. The van der Waals surface area contributed by atoms with Crippen LogP contribution in [0.5, 0.6) is 0 Å². The summed E-state index contributed by atoms with van der Waals surface area (Å²) in [6.07, 6.45) is 8.17. The molecule has 2 amide bonds. The summed E-state index contributed by atoms with van der Waals surface area (Å²) in [4.78, 5) is 26.2. The molecule has 1 aliphatic heterocycles. The number of rotatable bonds is 5. The van der Waals surface area contributed by atoms with Crippen LogP contribution in [0, 0.1) is 11.8 Å². The van der Waals surface area contributed by atoms with Crippen LogP contribution in [0.1, 0.15) is 51.9 Å². The van der Waals surface area contributed by atoms with Gasteiger partial charge in [0.15, 0.2) is 0 Å². The SMILES string of the molecule is CNC(=O)C1CCN(C(C)C(=O)NCC2CCCCC2)CC1. The predicted octanol–water partition coefficient (Wildman–Crippen LogP) is 1.53. The highest BCUT2D eigenvalue weighted by Gasteiger charge is 2.29. The fraction of sp³-hybridized carbons (Fsp3) is 0.882. The molecule has 1 unspecified atom stereocenters. The van der Waals surface area contributed by atoms with E-state index >= 15 is 0 Å². The van der Waals surface area contributed by atoms with Crippen molar-refractivity contribution in [3.63, 3.8) is 0 Å². The third-order valence-electron chi connectivity index (χ3n) is 5.36. The summed E-state index contributed by atoms with van der Waals surface area (Å²) in [7, 11) is 1.69. The number of nitrogens with one attached hydrogen (secondary N) is 2. The summed E-state index contributed by atoms with van der Waals surface area (Å²) in [5.41, 5.74) is 0. The molecule has 1 atom stereocenters. The van der Waals surface area contributed by atoms with Crippen LogP contribution in [0.3, 0.4) is 0 Å². The van der Waals surface area contributed by atoms with Gasteiger partial charge in [0.05, 0.1) is 6.04 Å². The second-order valence-electron chi connectivity index (χ2n) is 6.85. The van der Waals surface area contributed by atoms with Crippen molar-refractivity contribution >= 4 is 11.8 Å². The van der Waals surface area contributed by atoms with E-state index in [1.807, 2.05) is 6.92 Å². The summed E-state index contributed by atoms with van der Waals surface area (Å²) in [6, 6.07) is -0.0887. The Balaban J connectivity index is 1.70. The number of likely N-dealkylation sites (tertiary alicyclic amines) is 1. The quantitative estimate of drug-likeness (QED) is 0.809. The maximum atomic E-state index is 12.3. The number of hydrogen-bond acceptors (Lipinski definition) is 3. The van der Waals surface area contributed by atoms with E-state index in [2.05, 4.69) is 15.5 Å². The molecule has 126 valence electrons. The van der Waals surface area contributed by atoms with Gasteiger partial charge in [0.2, 0.25) is 11.8 Å². The summed E-state index contributed by atoms with van der Waals surface area (Å²) in [5, 5.41) is 5.86. The fourth-order valence-corrected chi connectivity index (χ4v) is 3.70. The first-order chi connectivity index (χ1) is 10.6. The van der Waals surface area contributed by atoms with E-state index in [0.717, 1.165) is 32.5 Å². The van der Waals surface area contributed by atoms with Gasteiger partial charge in [-0.05, 0) is 51.6 Å². The Hall–Kier alpha value is -1.10. The summed E-state index contributed by atoms with van der Waals surface area (Å²) >= 11 is 0. The lowest BCUT2D eigenvalue weighted by Crippen LogP contribution is -2.50. The Labute approximate surface area is 134 Å². The molecule has 0 aromatic heterocycles. The first-order valence-electron chi connectivity index (χ1n) is 8.85. The van der Waals surface area contributed by atoms with Crippen LogP contribution in [-0.4, -0.2) is 49.4 Å². The van der Waals surface area contributed by atoms with Crippen LogP contribution >= 0.6 is 0 Å². The van der Waals surface area contributed by atoms with Crippen LogP contribution < -0.4 is 10.6 Å². The van der Waals surface area contributed by atoms with Crippen LogP contribution in [0.2, 0.25) is 0 Å². The monoisotopic (exact) mass is 309 g/mol. The van der Waals surface area contributed by atoms with Crippen molar-refractivity contribution in [3.8, 4) is 0 Å². The lowest BCUT2D eigenvalue weighted by atomic mass is 9.89. The van der Waals surface area contributed by atoms with Crippen LogP contribution in [0.15, 0.2) is 0 Å². The lowest BCUT2D eigenvalue weighted by Gasteiger charge is -2.35. The normalized spacial score (nSPS) is 23.0. The van der Waals surface area contributed by atoms with Crippen LogP contribution in [0.4, 0.5) is 0 Å². The van der Waals surface area contributed by atoms with Crippen LogP contribution in [0.25, 0.3) is 0 Å². The van der Waals surface area contributed by atoms with E-state index in [1.54, 1.807) is 7.05 Å². The van der Waals surface area contributed by atoms with Gasteiger partial charge in [-0.15, -0.1) is 0 Å². The highest BCUT2D eigenvalue weighted by Crippen LogP contribution is 2.23. The Morgan fingerprint density at radius 2 is 1.73 bits per heavy atom. The zero-order valence-electron chi connectivity index (χ0n) is 14.1. The minimum Gasteiger partial charge on any atom is -0.359 e. The molecule has 1 saturated carbocycles. The van der Waals surface area contributed by atoms with Gasteiger partial charge in [-0.1, -0.05) is 19.3 Å². The number of hydrogen-bond donors (Lipinski definition) is 2. The van der Waals surface area contributed by atoms with Crippen molar-refractivity contribution in [1.29, 1.82) is 0 Å². The maximum Gasteiger partial charge on any atom is 0.237 e. The largest absolute Gasteiger partial charge is 0.359 e. The van der Waals surface area contributed by atoms with Gasteiger partial charge in [0.1, 0.15) is 0 Å². The Kier molecular flexibility index (Phi) is 6.68. The topological polar surface area (TPSA) is 61.4 Å². The average Bonchev–Trinajstić information content (AvgIpc) is 2.59. The van der Waals surface area contributed by atoms with Gasteiger partial charge >= 0.3 is 0 Å². The van der Waals surface area contributed by atoms with Gasteiger partial charge < -0.3 is 10.6 Å².